The number of ether oxygens (including phenoxy) is 1. The Morgan fingerprint density at radius 3 is 2.64 bits per heavy atom. The van der Waals surface area contributed by atoms with Crippen LogP contribution in [0, 0.1) is 27.4 Å². The number of nitriles is 1. The minimum atomic E-state index is -1.76. The zero-order valence-electron chi connectivity index (χ0n) is 15.7. The molecule has 9 heteroatoms. The van der Waals surface area contributed by atoms with Crippen molar-refractivity contribution in [1.29, 1.82) is 5.26 Å². The molecule has 0 amide bonds. The number of nitro benzene ring substituents is 1. The second-order valence-corrected chi connectivity index (χ2v) is 7.14. The monoisotopic (exact) mass is 386 g/mol. The van der Waals surface area contributed by atoms with Crippen LogP contribution in [0.3, 0.4) is 0 Å². The van der Waals surface area contributed by atoms with Crippen LogP contribution in [0.1, 0.15) is 31.2 Å². The average molecular weight is 386 g/mol. The molecule has 0 bridgehead atoms. The molecule has 3 unspecified atom stereocenters. The van der Waals surface area contributed by atoms with Crippen molar-refractivity contribution in [2.45, 2.75) is 31.4 Å². The Bertz CT molecular complexity index is 867. The first kappa shape index (κ1) is 19.6. The second-order valence-electron chi connectivity index (χ2n) is 7.14. The molecular weight excluding hydrogens is 364 g/mol. The number of carbonyl (C=O) groups excluding carboxylic acids is 1. The van der Waals surface area contributed by atoms with Crippen molar-refractivity contribution in [3.05, 3.63) is 51.3 Å². The summed E-state index contributed by atoms with van der Waals surface area (Å²) in [7, 11) is 1.18. The zero-order chi connectivity index (χ0) is 20.5. The summed E-state index contributed by atoms with van der Waals surface area (Å²) in [6.07, 6.45) is 1.87. The number of aliphatic hydroxyl groups is 1. The van der Waals surface area contributed by atoms with Gasteiger partial charge in [0.1, 0.15) is 17.5 Å². The Morgan fingerprint density at radius 1 is 1.43 bits per heavy atom. The van der Waals surface area contributed by atoms with Gasteiger partial charge in [0.2, 0.25) is 0 Å². The number of likely N-dealkylation sites (tertiary alicyclic amines) is 1. The molecule has 0 saturated carbocycles. The van der Waals surface area contributed by atoms with Crippen LogP contribution in [-0.4, -0.2) is 46.8 Å². The number of esters is 1. The Morgan fingerprint density at radius 2 is 2.07 bits per heavy atom. The van der Waals surface area contributed by atoms with Crippen LogP contribution in [0.2, 0.25) is 0 Å². The number of nitrogens with one attached hydrogen (secondary N) is 1. The maximum absolute atomic E-state index is 12.6. The molecule has 148 valence electrons. The Kier molecular flexibility index (Phi) is 5.25. The SMILES string of the molecule is COC(=O)C1C(c2ccccc2[N+](=O)[O-])C(C#N)=C(N2CCCC2)NC1(C)O. The van der Waals surface area contributed by atoms with Crippen LogP contribution in [0.15, 0.2) is 35.7 Å². The van der Waals surface area contributed by atoms with E-state index in [9.17, 15) is 25.3 Å². The van der Waals surface area contributed by atoms with E-state index < -0.39 is 28.5 Å². The molecule has 0 radical (unpaired) electrons. The van der Waals surface area contributed by atoms with Crippen molar-refractivity contribution in [3.8, 4) is 6.07 Å². The molecule has 2 aliphatic heterocycles. The van der Waals surface area contributed by atoms with E-state index in [-0.39, 0.29) is 16.8 Å². The molecule has 1 aromatic carbocycles. The summed E-state index contributed by atoms with van der Waals surface area (Å²) >= 11 is 0. The van der Waals surface area contributed by atoms with E-state index in [0.29, 0.717) is 18.9 Å². The number of allylic oxidation sites excluding steroid dienone is 1. The lowest BCUT2D eigenvalue weighted by atomic mass is 9.72. The lowest BCUT2D eigenvalue weighted by Crippen LogP contribution is -2.59. The number of carbonyl (C=O) groups is 1. The van der Waals surface area contributed by atoms with Gasteiger partial charge in [0.15, 0.2) is 0 Å². The van der Waals surface area contributed by atoms with Gasteiger partial charge in [-0.2, -0.15) is 5.26 Å². The molecule has 2 heterocycles. The highest BCUT2D eigenvalue weighted by atomic mass is 16.6. The van der Waals surface area contributed by atoms with Crippen molar-refractivity contribution in [1.82, 2.24) is 10.2 Å². The third-order valence-corrected chi connectivity index (χ3v) is 5.34. The number of methoxy groups -OCH3 is 1. The lowest BCUT2D eigenvalue weighted by molar-refractivity contribution is -0.385. The highest BCUT2D eigenvalue weighted by Gasteiger charge is 2.53. The molecule has 2 aliphatic rings. The van der Waals surface area contributed by atoms with E-state index >= 15 is 0 Å². The number of para-hydroxylation sites is 1. The van der Waals surface area contributed by atoms with Gasteiger partial charge in [-0.15, -0.1) is 0 Å². The van der Waals surface area contributed by atoms with Gasteiger partial charge in [0, 0.05) is 30.6 Å². The first-order chi connectivity index (χ1) is 13.3. The van der Waals surface area contributed by atoms with Gasteiger partial charge in [0.05, 0.1) is 23.7 Å². The van der Waals surface area contributed by atoms with Crippen molar-refractivity contribution in [2.75, 3.05) is 20.2 Å². The predicted octanol–water partition coefficient (Wildman–Crippen LogP) is 1.61. The molecule has 28 heavy (non-hydrogen) atoms. The van der Waals surface area contributed by atoms with Crippen molar-refractivity contribution in [3.63, 3.8) is 0 Å². The molecule has 0 spiro atoms. The van der Waals surface area contributed by atoms with E-state index in [4.69, 9.17) is 4.74 Å². The number of hydrogen-bond acceptors (Lipinski definition) is 8. The second kappa shape index (κ2) is 7.48. The molecular formula is C19H22N4O5. The number of hydrogen-bond donors (Lipinski definition) is 2. The van der Waals surface area contributed by atoms with Crippen LogP contribution in [0.5, 0.6) is 0 Å². The number of benzene rings is 1. The topological polar surface area (TPSA) is 129 Å². The van der Waals surface area contributed by atoms with Gasteiger partial charge in [-0.05, 0) is 19.8 Å². The highest BCUT2D eigenvalue weighted by Crippen LogP contribution is 2.46. The van der Waals surface area contributed by atoms with Crippen molar-refractivity contribution >= 4 is 11.7 Å². The molecule has 1 aromatic rings. The standard InChI is InChI=1S/C19H22N4O5/c1-19(25)16(18(24)28-2)15(12-7-3-4-8-14(12)23(26)27)13(11-20)17(21-19)22-9-5-6-10-22/h3-4,7-8,15-16,21,25H,5-6,9-10H2,1-2H3. The molecule has 3 rings (SSSR count). The van der Waals surface area contributed by atoms with Crippen LogP contribution < -0.4 is 5.32 Å². The van der Waals surface area contributed by atoms with Gasteiger partial charge in [0.25, 0.3) is 5.69 Å². The fourth-order valence-electron chi connectivity index (χ4n) is 4.08. The fourth-order valence-corrected chi connectivity index (χ4v) is 4.08. The number of nitrogens with zero attached hydrogens (tertiary/aromatic N) is 3. The summed E-state index contributed by atoms with van der Waals surface area (Å²) in [4.78, 5) is 25.6. The van der Waals surface area contributed by atoms with Gasteiger partial charge in [-0.1, -0.05) is 18.2 Å². The largest absolute Gasteiger partial charge is 0.469 e. The fraction of sp³-hybridized carbons (Fsp3) is 0.474. The molecule has 1 fully saturated rings. The van der Waals surface area contributed by atoms with Gasteiger partial charge < -0.3 is 20.1 Å². The van der Waals surface area contributed by atoms with E-state index in [2.05, 4.69) is 11.4 Å². The van der Waals surface area contributed by atoms with E-state index in [1.165, 1.54) is 32.2 Å². The van der Waals surface area contributed by atoms with Crippen LogP contribution in [-0.2, 0) is 9.53 Å². The minimum absolute atomic E-state index is 0.179. The van der Waals surface area contributed by atoms with E-state index in [1.807, 2.05) is 4.90 Å². The van der Waals surface area contributed by atoms with Crippen LogP contribution in [0.4, 0.5) is 5.69 Å². The number of rotatable bonds is 4. The van der Waals surface area contributed by atoms with Crippen molar-refractivity contribution in [2.24, 2.45) is 5.92 Å². The lowest BCUT2D eigenvalue weighted by Gasteiger charge is -2.44. The summed E-state index contributed by atoms with van der Waals surface area (Å²) in [6.45, 7) is 2.80. The third kappa shape index (κ3) is 3.27. The summed E-state index contributed by atoms with van der Waals surface area (Å²) < 4.78 is 4.88. The smallest absolute Gasteiger partial charge is 0.314 e. The zero-order valence-corrected chi connectivity index (χ0v) is 15.7. The minimum Gasteiger partial charge on any atom is -0.469 e. The van der Waals surface area contributed by atoms with Gasteiger partial charge in [-0.25, -0.2) is 0 Å². The van der Waals surface area contributed by atoms with Gasteiger partial charge in [-0.3, -0.25) is 14.9 Å². The summed E-state index contributed by atoms with van der Waals surface area (Å²) in [5.41, 5.74) is -1.61. The molecule has 0 aliphatic carbocycles. The maximum atomic E-state index is 12.6. The van der Waals surface area contributed by atoms with Crippen LogP contribution in [0.25, 0.3) is 0 Å². The first-order valence-corrected chi connectivity index (χ1v) is 9.02. The Labute approximate surface area is 162 Å². The summed E-state index contributed by atoms with van der Waals surface area (Å²) in [5, 5.41) is 35.6. The van der Waals surface area contributed by atoms with E-state index in [1.54, 1.807) is 6.07 Å². The van der Waals surface area contributed by atoms with Gasteiger partial charge >= 0.3 is 5.97 Å². The third-order valence-electron chi connectivity index (χ3n) is 5.34. The molecule has 2 N–H and O–H groups in total. The normalized spacial score (nSPS) is 27.1. The number of nitro groups is 1. The highest BCUT2D eigenvalue weighted by molar-refractivity contribution is 5.77. The molecule has 1 saturated heterocycles. The summed E-state index contributed by atoms with van der Waals surface area (Å²) in [6, 6.07) is 8.09. The molecule has 0 aromatic heterocycles. The Balaban J connectivity index is 2.28. The Hall–Kier alpha value is -3.12. The molecule has 3 atom stereocenters. The van der Waals surface area contributed by atoms with Crippen molar-refractivity contribution < 1.29 is 19.6 Å². The predicted molar refractivity (Wildman–Crippen MR) is 98.5 cm³/mol. The average Bonchev–Trinajstić information content (AvgIpc) is 3.20. The van der Waals surface area contributed by atoms with E-state index in [0.717, 1.165) is 12.8 Å². The first-order valence-electron chi connectivity index (χ1n) is 9.02. The molecule has 9 nitrogen and oxygen atoms in total. The summed E-state index contributed by atoms with van der Waals surface area (Å²) in [5.74, 6) is -2.60. The van der Waals surface area contributed by atoms with Crippen LogP contribution >= 0.6 is 0 Å². The quantitative estimate of drug-likeness (QED) is 0.454. The maximum Gasteiger partial charge on any atom is 0.314 e.